The summed E-state index contributed by atoms with van der Waals surface area (Å²) in [4.78, 5) is 14.7. The number of carbonyl (C=O) groups is 1. The van der Waals surface area contributed by atoms with Crippen molar-refractivity contribution in [2.75, 3.05) is 13.1 Å². The van der Waals surface area contributed by atoms with Crippen LogP contribution < -0.4 is 5.32 Å². The Morgan fingerprint density at radius 2 is 1.94 bits per heavy atom. The number of nitrogens with one attached hydrogen (secondary N) is 1. The van der Waals surface area contributed by atoms with Crippen molar-refractivity contribution in [3.8, 4) is 0 Å². The van der Waals surface area contributed by atoms with Gasteiger partial charge in [-0.2, -0.15) is 0 Å². The molecule has 0 unspecified atom stereocenters. The van der Waals surface area contributed by atoms with Gasteiger partial charge in [-0.05, 0) is 38.1 Å². The average Bonchev–Trinajstić information content (AvgIpc) is 2.96. The molecule has 1 amide bonds. The molecule has 98 valence electrons. The van der Waals surface area contributed by atoms with Crippen LogP contribution in [0.15, 0.2) is 0 Å². The van der Waals surface area contributed by atoms with Gasteiger partial charge in [0.15, 0.2) is 0 Å². The van der Waals surface area contributed by atoms with Gasteiger partial charge in [0, 0.05) is 12.6 Å². The lowest BCUT2D eigenvalue weighted by Gasteiger charge is -2.32. The van der Waals surface area contributed by atoms with Gasteiger partial charge < -0.3 is 10.2 Å². The summed E-state index contributed by atoms with van der Waals surface area (Å²) in [7, 11) is 0. The fourth-order valence-electron chi connectivity index (χ4n) is 3.12. The van der Waals surface area contributed by atoms with Crippen molar-refractivity contribution in [3.63, 3.8) is 0 Å². The number of nitrogens with zero attached hydrogens (tertiary/aromatic N) is 1. The summed E-state index contributed by atoms with van der Waals surface area (Å²) in [5, 5.41) is 3.34. The van der Waals surface area contributed by atoms with Crippen LogP contribution in [0.4, 0.5) is 0 Å². The summed E-state index contributed by atoms with van der Waals surface area (Å²) in [6, 6.07) is 0.627. The van der Waals surface area contributed by atoms with E-state index in [0.717, 1.165) is 25.9 Å². The predicted octanol–water partition coefficient (Wildman–Crippen LogP) is 2.17. The first kappa shape index (κ1) is 12.9. The van der Waals surface area contributed by atoms with E-state index < -0.39 is 0 Å². The molecule has 0 aromatic rings. The van der Waals surface area contributed by atoms with Gasteiger partial charge in [0.05, 0.1) is 6.04 Å². The Balaban J connectivity index is 1.99. The van der Waals surface area contributed by atoms with Gasteiger partial charge in [0.25, 0.3) is 0 Å². The van der Waals surface area contributed by atoms with Crippen LogP contribution in [0.2, 0.25) is 0 Å². The van der Waals surface area contributed by atoms with Crippen molar-refractivity contribution in [2.24, 2.45) is 5.92 Å². The third-order valence-electron chi connectivity index (χ3n) is 3.97. The summed E-state index contributed by atoms with van der Waals surface area (Å²) in [5.41, 5.74) is 0. The van der Waals surface area contributed by atoms with E-state index in [1.807, 2.05) is 0 Å². The summed E-state index contributed by atoms with van der Waals surface area (Å²) >= 11 is 0. The van der Waals surface area contributed by atoms with E-state index in [-0.39, 0.29) is 6.04 Å². The molecule has 0 aromatic heterocycles. The zero-order valence-corrected chi connectivity index (χ0v) is 11.2. The Labute approximate surface area is 105 Å². The summed E-state index contributed by atoms with van der Waals surface area (Å²) in [5.74, 6) is 0.934. The SMILES string of the molecule is CC(C)CN(C(=O)[C@@H]1CCCN1)C1CCCC1. The quantitative estimate of drug-likeness (QED) is 0.814. The summed E-state index contributed by atoms with van der Waals surface area (Å²) in [6.07, 6.45) is 7.20. The number of rotatable bonds is 4. The Hall–Kier alpha value is -0.570. The smallest absolute Gasteiger partial charge is 0.239 e. The minimum absolute atomic E-state index is 0.106. The highest BCUT2D eigenvalue weighted by Crippen LogP contribution is 2.25. The molecule has 1 atom stereocenters. The van der Waals surface area contributed by atoms with E-state index >= 15 is 0 Å². The molecule has 1 saturated carbocycles. The third-order valence-corrected chi connectivity index (χ3v) is 3.97. The van der Waals surface area contributed by atoms with E-state index in [0.29, 0.717) is 17.9 Å². The maximum atomic E-state index is 12.5. The fourth-order valence-corrected chi connectivity index (χ4v) is 3.12. The van der Waals surface area contributed by atoms with Crippen LogP contribution in [0.1, 0.15) is 52.4 Å². The summed E-state index contributed by atoms with van der Waals surface area (Å²) < 4.78 is 0. The monoisotopic (exact) mass is 238 g/mol. The van der Waals surface area contributed by atoms with Crippen molar-refractivity contribution in [2.45, 2.75) is 64.5 Å². The highest BCUT2D eigenvalue weighted by atomic mass is 16.2. The Kier molecular flexibility index (Phi) is 4.43. The Morgan fingerprint density at radius 1 is 1.24 bits per heavy atom. The molecule has 0 aromatic carbocycles. The van der Waals surface area contributed by atoms with Gasteiger partial charge in [-0.1, -0.05) is 26.7 Å². The average molecular weight is 238 g/mol. The fraction of sp³-hybridized carbons (Fsp3) is 0.929. The zero-order valence-electron chi connectivity index (χ0n) is 11.2. The van der Waals surface area contributed by atoms with Crippen LogP contribution in [0, 0.1) is 5.92 Å². The van der Waals surface area contributed by atoms with Crippen molar-refractivity contribution in [1.82, 2.24) is 10.2 Å². The standard InChI is InChI=1S/C14H26N2O/c1-11(2)10-16(12-6-3-4-7-12)14(17)13-8-5-9-15-13/h11-13,15H,3-10H2,1-2H3/t13-/m0/s1. The van der Waals surface area contributed by atoms with Crippen LogP contribution in [0.25, 0.3) is 0 Å². The molecule has 1 aliphatic heterocycles. The van der Waals surface area contributed by atoms with E-state index in [2.05, 4.69) is 24.1 Å². The minimum Gasteiger partial charge on any atom is -0.338 e. The predicted molar refractivity (Wildman–Crippen MR) is 69.8 cm³/mol. The molecule has 2 rings (SSSR count). The zero-order chi connectivity index (χ0) is 12.3. The molecule has 1 saturated heterocycles. The van der Waals surface area contributed by atoms with Gasteiger partial charge >= 0.3 is 0 Å². The van der Waals surface area contributed by atoms with Crippen molar-refractivity contribution in [1.29, 1.82) is 0 Å². The molecular formula is C14H26N2O. The molecule has 1 heterocycles. The van der Waals surface area contributed by atoms with Crippen LogP contribution in [-0.4, -0.2) is 36.0 Å². The summed E-state index contributed by atoms with van der Waals surface area (Å²) in [6.45, 7) is 6.35. The Morgan fingerprint density at radius 3 is 2.47 bits per heavy atom. The highest BCUT2D eigenvalue weighted by molar-refractivity contribution is 5.82. The molecular weight excluding hydrogens is 212 g/mol. The molecule has 2 aliphatic rings. The molecule has 0 bridgehead atoms. The highest BCUT2D eigenvalue weighted by Gasteiger charge is 2.32. The minimum atomic E-state index is 0.106. The lowest BCUT2D eigenvalue weighted by atomic mass is 10.1. The molecule has 3 nitrogen and oxygen atoms in total. The third kappa shape index (κ3) is 3.21. The second-order valence-corrected chi connectivity index (χ2v) is 5.97. The van der Waals surface area contributed by atoms with E-state index in [4.69, 9.17) is 0 Å². The van der Waals surface area contributed by atoms with Gasteiger partial charge in [-0.15, -0.1) is 0 Å². The van der Waals surface area contributed by atoms with Crippen LogP contribution in [-0.2, 0) is 4.79 Å². The van der Waals surface area contributed by atoms with Gasteiger partial charge in [0.2, 0.25) is 5.91 Å². The van der Waals surface area contributed by atoms with E-state index in [9.17, 15) is 4.79 Å². The maximum Gasteiger partial charge on any atom is 0.239 e. The molecule has 2 fully saturated rings. The largest absolute Gasteiger partial charge is 0.338 e. The molecule has 0 radical (unpaired) electrons. The first-order valence-electron chi connectivity index (χ1n) is 7.22. The molecule has 1 N–H and O–H groups in total. The molecule has 1 aliphatic carbocycles. The van der Waals surface area contributed by atoms with Gasteiger partial charge in [-0.3, -0.25) is 4.79 Å². The second kappa shape index (κ2) is 5.85. The van der Waals surface area contributed by atoms with Crippen LogP contribution in [0.3, 0.4) is 0 Å². The number of hydrogen-bond donors (Lipinski definition) is 1. The second-order valence-electron chi connectivity index (χ2n) is 5.97. The Bertz CT molecular complexity index is 253. The van der Waals surface area contributed by atoms with E-state index in [1.165, 1.54) is 25.7 Å². The first-order valence-corrected chi connectivity index (χ1v) is 7.22. The van der Waals surface area contributed by atoms with Crippen molar-refractivity contribution < 1.29 is 4.79 Å². The molecule has 3 heteroatoms. The number of amides is 1. The normalized spacial score (nSPS) is 25.7. The topological polar surface area (TPSA) is 32.3 Å². The number of carbonyl (C=O) groups excluding carboxylic acids is 1. The van der Waals surface area contributed by atoms with Crippen LogP contribution >= 0.6 is 0 Å². The molecule has 0 spiro atoms. The first-order chi connectivity index (χ1) is 8.18. The van der Waals surface area contributed by atoms with Crippen molar-refractivity contribution in [3.05, 3.63) is 0 Å². The van der Waals surface area contributed by atoms with Gasteiger partial charge in [0.1, 0.15) is 0 Å². The lowest BCUT2D eigenvalue weighted by molar-refractivity contribution is -0.136. The van der Waals surface area contributed by atoms with Crippen molar-refractivity contribution >= 4 is 5.91 Å². The molecule has 17 heavy (non-hydrogen) atoms. The van der Waals surface area contributed by atoms with Crippen LogP contribution in [0.5, 0.6) is 0 Å². The van der Waals surface area contributed by atoms with Gasteiger partial charge in [-0.25, -0.2) is 0 Å². The lowest BCUT2D eigenvalue weighted by Crippen LogP contribution is -2.49. The maximum absolute atomic E-state index is 12.5. The van der Waals surface area contributed by atoms with E-state index in [1.54, 1.807) is 0 Å². The number of hydrogen-bond acceptors (Lipinski definition) is 2.